The highest BCUT2D eigenvalue weighted by Crippen LogP contribution is 2.09. The van der Waals surface area contributed by atoms with Crippen LogP contribution in [0, 0.1) is 0 Å². The van der Waals surface area contributed by atoms with Gasteiger partial charge in [-0.05, 0) is 44.9 Å². The molecule has 0 aliphatic rings. The molecule has 2 atom stereocenters. The van der Waals surface area contributed by atoms with E-state index in [-0.39, 0.29) is 31.6 Å². The predicted octanol–water partition coefficient (Wildman–Crippen LogP) is 7.69. The van der Waals surface area contributed by atoms with Crippen LogP contribution in [0.5, 0.6) is 0 Å². The summed E-state index contributed by atoms with van der Waals surface area (Å²) >= 11 is 0. The number of esters is 2. The Kier molecular flexibility index (Phi) is 27.2. The maximum absolute atomic E-state index is 11.8. The molecule has 0 saturated carbocycles. The van der Waals surface area contributed by atoms with Gasteiger partial charge in [-0.3, -0.25) is 9.59 Å². The molecule has 0 spiro atoms. The number of aliphatic hydroxyl groups excluding tert-OH is 2. The number of allylic oxidation sites excluding steroid dienone is 6. The van der Waals surface area contributed by atoms with E-state index in [4.69, 9.17) is 9.47 Å². The number of hydrogen-bond acceptors (Lipinski definition) is 6. The molecule has 0 aromatic rings. The molecule has 39 heavy (non-hydrogen) atoms. The van der Waals surface area contributed by atoms with Crippen molar-refractivity contribution in [2.45, 2.75) is 135 Å². The number of carbonyl (C=O) groups excluding carboxylic acids is 2. The zero-order valence-corrected chi connectivity index (χ0v) is 24.7. The number of aliphatic hydroxyl groups is 2. The summed E-state index contributed by atoms with van der Waals surface area (Å²) in [6.45, 7) is 4.06. The van der Waals surface area contributed by atoms with Crippen molar-refractivity contribution in [2.24, 2.45) is 0 Å². The summed E-state index contributed by atoms with van der Waals surface area (Å²) in [6, 6.07) is 0. The van der Waals surface area contributed by atoms with Crippen molar-refractivity contribution in [3.05, 3.63) is 48.6 Å². The molecule has 2 N–H and O–H groups in total. The van der Waals surface area contributed by atoms with Crippen molar-refractivity contribution in [3.8, 4) is 0 Å². The summed E-state index contributed by atoms with van der Waals surface area (Å²) in [6.07, 6.45) is 30.6. The molecule has 6 heteroatoms. The lowest BCUT2D eigenvalue weighted by Gasteiger charge is -2.12. The van der Waals surface area contributed by atoms with E-state index in [1.54, 1.807) is 6.08 Å². The van der Waals surface area contributed by atoms with Crippen LogP contribution in [-0.2, 0) is 19.1 Å². The smallest absolute Gasteiger partial charge is 0.305 e. The fraction of sp³-hybridized carbons (Fsp3) is 0.697. The van der Waals surface area contributed by atoms with Gasteiger partial charge >= 0.3 is 11.9 Å². The SMILES string of the molecule is CCCCC/C=C\C/C=C\CC(O)/C=C\C=C\CCCC(=O)OC[C@H](O)COC(=O)CCCCCCCCC. The topological polar surface area (TPSA) is 93.1 Å². The average Bonchev–Trinajstić information content (AvgIpc) is 2.93. The molecular weight excluding hydrogens is 492 g/mol. The van der Waals surface area contributed by atoms with E-state index < -0.39 is 12.2 Å². The van der Waals surface area contributed by atoms with Crippen LogP contribution in [0.3, 0.4) is 0 Å². The van der Waals surface area contributed by atoms with Crippen LogP contribution in [0.25, 0.3) is 0 Å². The van der Waals surface area contributed by atoms with Crippen LogP contribution < -0.4 is 0 Å². The number of ether oxygens (including phenoxy) is 2. The first-order valence-electron chi connectivity index (χ1n) is 15.3. The van der Waals surface area contributed by atoms with Gasteiger partial charge in [-0.15, -0.1) is 0 Å². The van der Waals surface area contributed by atoms with Crippen molar-refractivity contribution < 1.29 is 29.3 Å². The van der Waals surface area contributed by atoms with E-state index in [1.165, 1.54) is 44.9 Å². The highest BCUT2D eigenvalue weighted by molar-refractivity contribution is 5.69. The first-order chi connectivity index (χ1) is 19.0. The normalized spacial score (nSPS) is 13.6. The zero-order chi connectivity index (χ0) is 28.8. The van der Waals surface area contributed by atoms with Crippen molar-refractivity contribution in [2.75, 3.05) is 13.2 Å². The Hall–Kier alpha value is -2.18. The van der Waals surface area contributed by atoms with Crippen LogP contribution in [-0.4, -0.2) is 47.6 Å². The van der Waals surface area contributed by atoms with Gasteiger partial charge in [-0.1, -0.05) is 114 Å². The minimum atomic E-state index is -1.01. The maximum Gasteiger partial charge on any atom is 0.305 e. The monoisotopic (exact) mass is 548 g/mol. The standard InChI is InChI=1S/C33H56O6/c1-3-5-7-9-11-12-14-16-20-24-30(34)25-21-17-15-19-23-27-33(37)39-29-31(35)28-38-32(36)26-22-18-13-10-8-6-4-2/h11-12,15-17,20-21,25,30-31,34-35H,3-10,13-14,18-19,22-24,26-29H2,1-2H3/b12-11-,17-15+,20-16-,25-21-/t30?,31-/m1/s1. The number of rotatable bonds is 26. The lowest BCUT2D eigenvalue weighted by atomic mass is 10.1. The summed E-state index contributed by atoms with van der Waals surface area (Å²) in [5.41, 5.74) is 0. The van der Waals surface area contributed by atoms with Crippen LogP contribution in [0.1, 0.15) is 123 Å². The van der Waals surface area contributed by atoms with Gasteiger partial charge in [0, 0.05) is 12.8 Å². The quantitative estimate of drug-likeness (QED) is 0.0498. The summed E-state index contributed by atoms with van der Waals surface area (Å²) in [4.78, 5) is 23.6. The van der Waals surface area contributed by atoms with Gasteiger partial charge in [0.1, 0.15) is 19.3 Å². The number of hydrogen-bond donors (Lipinski definition) is 2. The summed E-state index contributed by atoms with van der Waals surface area (Å²) < 4.78 is 10.1. The second-order valence-corrected chi connectivity index (χ2v) is 10.1. The first-order valence-corrected chi connectivity index (χ1v) is 15.3. The summed E-state index contributed by atoms with van der Waals surface area (Å²) in [5, 5.41) is 19.9. The largest absolute Gasteiger partial charge is 0.463 e. The van der Waals surface area contributed by atoms with Crippen LogP contribution in [0.2, 0.25) is 0 Å². The molecule has 224 valence electrons. The maximum atomic E-state index is 11.8. The Labute approximate surface area is 238 Å². The molecule has 0 saturated heterocycles. The third kappa shape index (κ3) is 28.6. The Morgan fingerprint density at radius 3 is 1.90 bits per heavy atom. The van der Waals surface area contributed by atoms with E-state index in [2.05, 4.69) is 32.1 Å². The summed E-state index contributed by atoms with van der Waals surface area (Å²) in [7, 11) is 0. The highest BCUT2D eigenvalue weighted by Gasteiger charge is 2.11. The molecule has 6 nitrogen and oxygen atoms in total. The molecule has 0 amide bonds. The van der Waals surface area contributed by atoms with E-state index in [1.807, 2.05) is 24.3 Å². The van der Waals surface area contributed by atoms with E-state index in [0.717, 1.165) is 32.1 Å². The van der Waals surface area contributed by atoms with Gasteiger partial charge in [-0.25, -0.2) is 0 Å². The van der Waals surface area contributed by atoms with Crippen LogP contribution >= 0.6 is 0 Å². The van der Waals surface area contributed by atoms with Crippen LogP contribution in [0.15, 0.2) is 48.6 Å². The minimum Gasteiger partial charge on any atom is -0.463 e. The molecule has 1 unspecified atom stereocenters. The fourth-order valence-corrected chi connectivity index (χ4v) is 3.74. The number of carbonyl (C=O) groups is 2. The molecule has 0 fully saturated rings. The molecule has 0 aromatic carbocycles. The second-order valence-electron chi connectivity index (χ2n) is 10.1. The molecule has 0 aromatic heterocycles. The minimum absolute atomic E-state index is 0.157. The van der Waals surface area contributed by atoms with E-state index in [9.17, 15) is 19.8 Å². The third-order valence-electron chi connectivity index (χ3n) is 6.15. The van der Waals surface area contributed by atoms with Gasteiger partial charge in [0.25, 0.3) is 0 Å². The fourth-order valence-electron chi connectivity index (χ4n) is 3.74. The lowest BCUT2D eigenvalue weighted by molar-refractivity contribution is -0.152. The molecule has 0 rings (SSSR count). The van der Waals surface area contributed by atoms with E-state index in [0.29, 0.717) is 25.7 Å². The Bertz CT molecular complexity index is 694. The predicted molar refractivity (Wildman–Crippen MR) is 160 cm³/mol. The Morgan fingerprint density at radius 2 is 1.21 bits per heavy atom. The van der Waals surface area contributed by atoms with Crippen molar-refractivity contribution in [1.29, 1.82) is 0 Å². The van der Waals surface area contributed by atoms with Crippen molar-refractivity contribution in [3.63, 3.8) is 0 Å². The molecule has 0 aliphatic heterocycles. The number of unbranched alkanes of at least 4 members (excludes halogenated alkanes) is 10. The first kappa shape index (κ1) is 36.8. The van der Waals surface area contributed by atoms with E-state index >= 15 is 0 Å². The Morgan fingerprint density at radius 1 is 0.641 bits per heavy atom. The van der Waals surface area contributed by atoms with Crippen molar-refractivity contribution >= 4 is 11.9 Å². The van der Waals surface area contributed by atoms with Gasteiger partial charge in [0.15, 0.2) is 0 Å². The highest BCUT2D eigenvalue weighted by atomic mass is 16.6. The molecular formula is C33H56O6. The molecule has 0 aliphatic carbocycles. The average molecular weight is 549 g/mol. The van der Waals surface area contributed by atoms with Gasteiger partial charge in [0.05, 0.1) is 6.10 Å². The van der Waals surface area contributed by atoms with Crippen LogP contribution in [0.4, 0.5) is 0 Å². The lowest BCUT2D eigenvalue weighted by Crippen LogP contribution is -2.25. The van der Waals surface area contributed by atoms with Gasteiger partial charge < -0.3 is 19.7 Å². The molecule has 0 bridgehead atoms. The zero-order valence-electron chi connectivity index (χ0n) is 24.7. The second kappa shape index (κ2) is 28.8. The van der Waals surface area contributed by atoms with Crippen molar-refractivity contribution in [1.82, 2.24) is 0 Å². The molecule has 0 radical (unpaired) electrons. The molecule has 0 heterocycles. The summed E-state index contributed by atoms with van der Waals surface area (Å²) in [5.74, 6) is -0.704. The Balaban J connectivity index is 3.72. The third-order valence-corrected chi connectivity index (χ3v) is 6.15. The van der Waals surface area contributed by atoms with Gasteiger partial charge in [-0.2, -0.15) is 0 Å². The van der Waals surface area contributed by atoms with Gasteiger partial charge in [0.2, 0.25) is 0 Å².